The molecule has 4 aromatic carbocycles. The molecule has 0 heterocycles. The number of ether oxygens (including phenoxy) is 4. The molecule has 6 amide bonds. The molecule has 4 aromatic rings. The zero-order valence-corrected chi connectivity index (χ0v) is 44.1. The number of carbonyl (C=O) groups excluding carboxylic acids is 6. The molecule has 20 heteroatoms. The average Bonchev–Trinajstić information content (AvgIpc) is 3.92. The normalized spacial score (nSPS) is 17.2. The van der Waals surface area contributed by atoms with E-state index in [0.29, 0.717) is 35.8 Å². The number of halogens is 2. The maximum atomic E-state index is 14.2. The molecule has 0 aromatic heterocycles. The van der Waals surface area contributed by atoms with Crippen LogP contribution in [0, 0.1) is 23.7 Å². The van der Waals surface area contributed by atoms with Crippen LogP contribution in [0.2, 0.25) is 0 Å². The van der Waals surface area contributed by atoms with Gasteiger partial charge in [-0.2, -0.15) is 0 Å². The van der Waals surface area contributed by atoms with Crippen molar-refractivity contribution in [3.8, 4) is 46.7 Å². The number of nitrogens with one attached hydrogen (secondary N) is 8. The predicted octanol–water partition coefficient (Wildman–Crippen LogP) is 3.26. The minimum atomic E-state index is -1.14. The van der Waals surface area contributed by atoms with Crippen molar-refractivity contribution < 1.29 is 47.7 Å². The fraction of sp³-hybridized carbons (Fsp3) is 0.370. The van der Waals surface area contributed by atoms with E-state index in [0.717, 1.165) is 22.3 Å². The first-order valence-corrected chi connectivity index (χ1v) is 23.5. The standard InChI is InChI=1S/C54H62N8O10.2ClH/c1-31(55-3)49(63)57-37(51(65)61-47-35-21-15-13-19-33(35)29-39(47)59-53(67)45-41(69-5)25-17-26-42(45)70-6)23-11-9-10-12-24-38(58-50(64)32(2)56-4)52(66)62-48-36-22-16-14-20-34(36)30-40(48)60-54(68)46-43(71-7)27-18-28-44(46)72-8;;/h13-22,25-28,31-32,37-40,47-48,55-56H,23-24,29-30H2,1-8H3,(H,57,63)(H,58,64)(H,59,67)(H,60,68)(H,61,65)(H,62,66);2*1H/t31-,32-,37-,38-,39-,40-,47-,48-;;/m0../s1. The summed E-state index contributed by atoms with van der Waals surface area (Å²) in [5.41, 5.74) is 3.85. The summed E-state index contributed by atoms with van der Waals surface area (Å²) in [4.78, 5) is 82.5. The second-order valence-corrected chi connectivity index (χ2v) is 17.2. The highest BCUT2D eigenvalue weighted by molar-refractivity contribution is 6.01. The van der Waals surface area contributed by atoms with Crippen molar-refractivity contribution in [3.63, 3.8) is 0 Å². The Bertz CT molecular complexity index is 2560. The summed E-state index contributed by atoms with van der Waals surface area (Å²) in [6.07, 6.45) is 0.514. The van der Waals surface area contributed by atoms with E-state index in [-0.39, 0.29) is 48.8 Å². The van der Waals surface area contributed by atoms with Crippen molar-refractivity contribution >= 4 is 60.3 Å². The van der Waals surface area contributed by atoms with Gasteiger partial charge in [-0.1, -0.05) is 72.5 Å². The molecular weight excluding hydrogens is 992 g/mol. The quantitative estimate of drug-likeness (QED) is 0.0597. The van der Waals surface area contributed by atoms with Crippen LogP contribution < -0.4 is 61.5 Å². The van der Waals surface area contributed by atoms with Gasteiger partial charge in [-0.15, -0.1) is 24.8 Å². The van der Waals surface area contributed by atoms with Gasteiger partial charge in [0.15, 0.2) is 0 Å². The summed E-state index contributed by atoms with van der Waals surface area (Å²) in [5, 5.41) is 23.6. The minimum absolute atomic E-state index is 0. The smallest absolute Gasteiger partial charge is 0.259 e. The Morgan fingerprint density at radius 2 is 0.838 bits per heavy atom. The third kappa shape index (κ3) is 14.2. The lowest BCUT2D eigenvalue weighted by Gasteiger charge is -2.26. The van der Waals surface area contributed by atoms with Crippen LogP contribution in [0.1, 0.15) is 81.7 Å². The Labute approximate surface area is 444 Å². The van der Waals surface area contributed by atoms with Crippen LogP contribution in [0.25, 0.3) is 0 Å². The van der Waals surface area contributed by atoms with Crippen molar-refractivity contribution in [2.24, 2.45) is 0 Å². The summed E-state index contributed by atoms with van der Waals surface area (Å²) in [6.45, 7) is 3.30. The van der Waals surface area contributed by atoms with E-state index in [2.05, 4.69) is 66.2 Å². The molecular formula is C54H64Cl2N8O10. The molecule has 74 heavy (non-hydrogen) atoms. The highest BCUT2D eigenvalue weighted by atomic mass is 35.5. The van der Waals surface area contributed by atoms with Gasteiger partial charge >= 0.3 is 0 Å². The first-order chi connectivity index (χ1) is 34.8. The molecule has 8 atom stereocenters. The molecule has 0 bridgehead atoms. The largest absolute Gasteiger partial charge is 0.496 e. The van der Waals surface area contributed by atoms with Crippen LogP contribution in [0.3, 0.4) is 0 Å². The summed E-state index contributed by atoms with van der Waals surface area (Å²) >= 11 is 0. The zero-order chi connectivity index (χ0) is 51.9. The van der Waals surface area contributed by atoms with Crippen LogP contribution in [0.5, 0.6) is 23.0 Å². The number of amides is 6. The summed E-state index contributed by atoms with van der Waals surface area (Å²) < 4.78 is 21.9. The van der Waals surface area contributed by atoms with Gasteiger partial charge in [0.1, 0.15) is 46.2 Å². The lowest BCUT2D eigenvalue weighted by Crippen LogP contribution is -2.53. The van der Waals surface area contributed by atoms with Gasteiger partial charge in [0, 0.05) is 12.8 Å². The maximum absolute atomic E-state index is 14.2. The maximum Gasteiger partial charge on any atom is 0.259 e. The number of carbonyl (C=O) groups is 6. The summed E-state index contributed by atoms with van der Waals surface area (Å²) in [5.74, 6) is 9.60. The van der Waals surface area contributed by atoms with Crippen molar-refractivity contribution in [2.75, 3.05) is 42.5 Å². The predicted molar refractivity (Wildman–Crippen MR) is 284 cm³/mol. The Morgan fingerprint density at radius 3 is 1.16 bits per heavy atom. The first-order valence-electron chi connectivity index (χ1n) is 23.5. The number of fused-ring (bicyclic) bond motifs is 2. The Hall–Kier alpha value is -7.48. The van der Waals surface area contributed by atoms with Crippen LogP contribution in [0.15, 0.2) is 84.9 Å². The minimum Gasteiger partial charge on any atom is -0.496 e. The van der Waals surface area contributed by atoms with Gasteiger partial charge in [-0.05, 0) is 99.1 Å². The molecule has 0 radical (unpaired) electrons. The molecule has 2 aliphatic rings. The molecule has 18 nitrogen and oxygen atoms in total. The van der Waals surface area contributed by atoms with Gasteiger partial charge in [0.25, 0.3) is 11.8 Å². The molecule has 2 aliphatic carbocycles. The molecule has 0 aliphatic heterocycles. The van der Waals surface area contributed by atoms with Crippen molar-refractivity contribution in [1.29, 1.82) is 0 Å². The van der Waals surface area contributed by atoms with E-state index >= 15 is 0 Å². The summed E-state index contributed by atoms with van der Waals surface area (Å²) in [7, 11) is 9.07. The molecule has 0 saturated heterocycles. The van der Waals surface area contributed by atoms with Crippen molar-refractivity contribution in [1.82, 2.24) is 42.5 Å². The lowest BCUT2D eigenvalue weighted by atomic mass is 10.0. The van der Waals surface area contributed by atoms with E-state index in [1.165, 1.54) is 28.4 Å². The van der Waals surface area contributed by atoms with Crippen LogP contribution in [-0.4, -0.2) is 114 Å². The van der Waals surface area contributed by atoms with Gasteiger partial charge < -0.3 is 61.5 Å². The average molecular weight is 1060 g/mol. The topological polar surface area (TPSA) is 236 Å². The van der Waals surface area contributed by atoms with Gasteiger partial charge in [0.2, 0.25) is 23.6 Å². The third-order valence-electron chi connectivity index (χ3n) is 12.8. The highest BCUT2D eigenvalue weighted by Gasteiger charge is 2.39. The number of methoxy groups -OCH3 is 4. The molecule has 6 rings (SSSR count). The Balaban J connectivity index is 0.00000593. The fourth-order valence-corrected chi connectivity index (χ4v) is 8.62. The number of benzene rings is 4. The van der Waals surface area contributed by atoms with Crippen LogP contribution in [-0.2, 0) is 32.0 Å². The van der Waals surface area contributed by atoms with E-state index in [9.17, 15) is 28.8 Å². The van der Waals surface area contributed by atoms with E-state index in [4.69, 9.17) is 18.9 Å². The highest BCUT2D eigenvalue weighted by Crippen LogP contribution is 2.35. The van der Waals surface area contributed by atoms with Crippen molar-refractivity contribution in [3.05, 3.63) is 118 Å². The van der Waals surface area contributed by atoms with Crippen LogP contribution >= 0.6 is 24.8 Å². The zero-order valence-electron chi connectivity index (χ0n) is 42.4. The molecule has 8 N–H and O–H groups in total. The third-order valence-corrected chi connectivity index (χ3v) is 12.8. The number of hydrogen-bond acceptors (Lipinski definition) is 12. The molecule has 0 unspecified atom stereocenters. The second-order valence-electron chi connectivity index (χ2n) is 17.2. The monoisotopic (exact) mass is 1050 g/mol. The van der Waals surface area contributed by atoms with Crippen LogP contribution in [0.4, 0.5) is 0 Å². The van der Waals surface area contributed by atoms with Gasteiger partial charge in [0.05, 0.1) is 64.7 Å². The molecule has 0 spiro atoms. The number of rotatable bonds is 20. The van der Waals surface area contributed by atoms with Crippen molar-refractivity contribution in [2.45, 2.75) is 87.9 Å². The molecule has 0 saturated carbocycles. The van der Waals surface area contributed by atoms with E-state index < -0.39 is 83.8 Å². The first kappa shape index (κ1) is 59.1. The second kappa shape index (κ2) is 28.1. The number of hydrogen-bond donors (Lipinski definition) is 8. The summed E-state index contributed by atoms with van der Waals surface area (Å²) in [6, 6.07) is 19.0. The van der Waals surface area contributed by atoms with E-state index in [1.54, 1.807) is 64.3 Å². The fourth-order valence-electron chi connectivity index (χ4n) is 8.62. The lowest BCUT2D eigenvalue weighted by molar-refractivity contribution is -0.130. The Morgan fingerprint density at radius 1 is 0.500 bits per heavy atom. The Kier molecular flexibility index (Phi) is 22.4. The van der Waals surface area contributed by atoms with E-state index in [1.807, 2.05) is 48.5 Å². The number of likely N-dealkylation sites (N-methyl/N-ethyl adjacent to an activating group) is 2. The molecule has 0 fully saturated rings. The SMILES string of the molecule is CN[C@@H](C)C(=O)N[C@@H](CC#CC#CC[C@H](NC(=O)[C@H](C)NC)C(=O)N[C@H]1c2ccccc2C[C@@H]1NC(=O)c1c(OC)cccc1OC)C(=O)N[C@H]1c2ccccc2C[C@@H]1NC(=O)c1c(OC)cccc1OC.Cl.Cl. The molecule has 394 valence electrons. The van der Waals surface area contributed by atoms with Gasteiger partial charge in [-0.25, -0.2) is 0 Å². The van der Waals surface area contributed by atoms with Gasteiger partial charge in [-0.3, -0.25) is 28.8 Å².